The van der Waals surface area contributed by atoms with Crippen molar-refractivity contribution in [1.29, 1.82) is 0 Å². The SMILES string of the molecule is COC(=O)c1ccc(/C=c2/[nH]c(=O)/c(=C\c3ccc(SCCN(C)C)s3)[nH]c2=O)cc1. The third kappa shape index (κ3) is 6.30. The van der Waals surface area contributed by atoms with Crippen LogP contribution in [0, 0.1) is 0 Å². The van der Waals surface area contributed by atoms with E-state index >= 15 is 0 Å². The number of H-pyrrole nitrogens is 2. The Morgan fingerprint density at radius 2 is 1.68 bits per heavy atom. The van der Waals surface area contributed by atoms with Gasteiger partial charge in [-0.15, -0.1) is 23.1 Å². The Balaban J connectivity index is 1.84. The molecule has 2 heterocycles. The number of aromatic nitrogens is 2. The Labute approximate surface area is 187 Å². The van der Waals surface area contributed by atoms with E-state index < -0.39 is 11.5 Å². The summed E-state index contributed by atoms with van der Waals surface area (Å²) in [5.41, 5.74) is 0.289. The number of carbonyl (C=O) groups excluding carboxylic acids is 1. The lowest BCUT2D eigenvalue weighted by atomic mass is 10.1. The van der Waals surface area contributed by atoms with Gasteiger partial charge >= 0.3 is 5.97 Å². The highest BCUT2D eigenvalue weighted by Crippen LogP contribution is 2.27. The Morgan fingerprint density at radius 1 is 1.03 bits per heavy atom. The van der Waals surface area contributed by atoms with Crippen LogP contribution in [-0.4, -0.2) is 54.3 Å². The van der Waals surface area contributed by atoms with E-state index in [-0.39, 0.29) is 16.3 Å². The molecule has 0 aliphatic rings. The molecule has 162 valence electrons. The number of rotatable bonds is 7. The Hall–Kier alpha value is -2.88. The van der Waals surface area contributed by atoms with Crippen LogP contribution in [0.2, 0.25) is 0 Å². The standard InChI is InChI=1S/C22H23N3O4S2/c1-25(2)10-11-30-19-9-8-16(31-19)13-18-21(27)23-17(20(26)24-18)12-14-4-6-15(7-5-14)22(28)29-3/h4-9,12-13H,10-11H2,1-3H3,(H,23,27)(H,24,26)/b17-12+,18-13+. The number of esters is 1. The van der Waals surface area contributed by atoms with Crippen molar-refractivity contribution in [3.63, 3.8) is 0 Å². The molecular formula is C22H23N3O4S2. The van der Waals surface area contributed by atoms with Gasteiger partial charge in [-0.1, -0.05) is 12.1 Å². The number of carbonyl (C=O) groups is 1. The van der Waals surface area contributed by atoms with Crippen molar-refractivity contribution in [2.75, 3.05) is 33.5 Å². The lowest BCUT2D eigenvalue weighted by Gasteiger charge is -2.07. The molecule has 0 saturated carbocycles. The quantitative estimate of drug-likeness (QED) is 0.409. The van der Waals surface area contributed by atoms with Gasteiger partial charge in [0.25, 0.3) is 11.1 Å². The second-order valence-corrected chi connectivity index (χ2v) is 9.46. The maximum atomic E-state index is 12.5. The Kier molecular flexibility index (Phi) is 7.67. The first-order valence-electron chi connectivity index (χ1n) is 9.47. The number of benzene rings is 1. The summed E-state index contributed by atoms with van der Waals surface area (Å²) in [5.74, 6) is 0.542. The van der Waals surface area contributed by atoms with Crippen LogP contribution in [-0.2, 0) is 4.74 Å². The third-order valence-electron chi connectivity index (χ3n) is 4.30. The zero-order valence-corrected chi connectivity index (χ0v) is 19.1. The smallest absolute Gasteiger partial charge is 0.337 e. The summed E-state index contributed by atoms with van der Waals surface area (Å²) in [6.45, 7) is 0.984. The van der Waals surface area contributed by atoms with Crippen LogP contribution in [0.3, 0.4) is 0 Å². The van der Waals surface area contributed by atoms with Crippen LogP contribution in [0.25, 0.3) is 12.2 Å². The third-order valence-corrected chi connectivity index (χ3v) is 6.54. The normalized spacial score (nSPS) is 12.5. The molecule has 9 heteroatoms. The molecule has 31 heavy (non-hydrogen) atoms. The van der Waals surface area contributed by atoms with Gasteiger partial charge in [0.1, 0.15) is 10.7 Å². The summed E-state index contributed by atoms with van der Waals surface area (Å²) < 4.78 is 5.82. The van der Waals surface area contributed by atoms with Crippen LogP contribution in [0.5, 0.6) is 0 Å². The first kappa shape index (κ1) is 22.8. The maximum absolute atomic E-state index is 12.5. The zero-order valence-electron chi connectivity index (χ0n) is 17.4. The van der Waals surface area contributed by atoms with E-state index in [0.29, 0.717) is 11.1 Å². The minimum Gasteiger partial charge on any atom is -0.465 e. The number of thiophene rings is 1. The van der Waals surface area contributed by atoms with Crippen molar-refractivity contribution in [3.8, 4) is 0 Å². The molecule has 0 aliphatic heterocycles. The number of nitrogens with zero attached hydrogens (tertiary/aromatic N) is 1. The second kappa shape index (κ2) is 10.4. The second-order valence-electron chi connectivity index (χ2n) is 6.95. The molecule has 1 aromatic carbocycles. The topological polar surface area (TPSA) is 95.3 Å². The fourth-order valence-electron chi connectivity index (χ4n) is 2.66. The van der Waals surface area contributed by atoms with Gasteiger partial charge in [0.15, 0.2) is 0 Å². The van der Waals surface area contributed by atoms with Crippen LogP contribution in [0.1, 0.15) is 20.8 Å². The van der Waals surface area contributed by atoms with Crippen molar-refractivity contribution < 1.29 is 9.53 Å². The molecule has 3 rings (SSSR count). The van der Waals surface area contributed by atoms with Crippen molar-refractivity contribution in [2.24, 2.45) is 0 Å². The largest absolute Gasteiger partial charge is 0.465 e. The van der Waals surface area contributed by atoms with Crippen molar-refractivity contribution in [1.82, 2.24) is 14.9 Å². The van der Waals surface area contributed by atoms with Crippen LogP contribution in [0.4, 0.5) is 0 Å². The number of nitrogens with one attached hydrogen (secondary N) is 2. The molecule has 2 N–H and O–H groups in total. The molecule has 0 bridgehead atoms. The van der Waals surface area contributed by atoms with Gasteiger partial charge in [-0.25, -0.2) is 4.79 Å². The number of thioether (sulfide) groups is 1. The van der Waals surface area contributed by atoms with E-state index in [4.69, 9.17) is 0 Å². The summed E-state index contributed by atoms with van der Waals surface area (Å²) in [7, 11) is 5.39. The summed E-state index contributed by atoms with van der Waals surface area (Å²) in [6.07, 6.45) is 3.23. The summed E-state index contributed by atoms with van der Waals surface area (Å²) >= 11 is 3.34. The molecule has 0 spiro atoms. The first-order chi connectivity index (χ1) is 14.9. The van der Waals surface area contributed by atoms with E-state index in [1.54, 1.807) is 59.5 Å². The lowest BCUT2D eigenvalue weighted by molar-refractivity contribution is 0.0600. The van der Waals surface area contributed by atoms with Crippen molar-refractivity contribution in [2.45, 2.75) is 4.21 Å². The van der Waals surface area contributed by atoms with Crippen LogP contribution >= 0.6 is 23.1 Å². The van der Waals surface area contributed by atoms with Gasteiger partial charge in [-0.05, 0) is 56.1 Å². The summed E-state index contributed by atoms with van der Waals surface area (Å²) in [6, 6.07) is 10.5. The van der Waals surface area contributed by atoms with E-state index in [1.165, 1.54) is 7.11 Å². The van der Waals surface area contributed by atoms with E-state index in [1.807, 2.05) is 26.2 Å². The average molecular weight is 458 g/mol. The highest BCUT2D eigenvalue weighted by Gasteiger charge is 2.04. The minimum absolute atomic E-state index is 0.138. The van der Waals surface area contributed by atoms with Gasteiger partial charge in [0.05, 0.1) is 16.9 Å². The Morgan fingerprint density at radius 3 is 2.29 bits per heavy atom. The van der Waals surface area contributed by atoms with Crippen LogP contribution in [0.15, 0.2) is 50.2 Å². The molecule has 0 aliphatic carbocycles. The predicted molar refractivity (Wildman–Crippen MR) is 125 cm³/mol. The molecule has 0 fully saturated rings. The summed E-state index contributed by atoms with van der Waals surface area (Å²) in [4.78, 5) is 44.8. The predicted octanol–water partition coefficient (Wildman–Crippen LogP) is 1.22. The molecule has 7 nitrogen and oxygen atoms in total. The van der Waals surface area contributed by atoms with E-state index in [2.05, 4.69) is 19.6 Å². The average Bonchev–Trinajstić information content (AvgIpc) is 3.18. The first-order valence-corrected chi connectivity index (χ1v) is 11.3. The molecule has 0 amide bonds. The number of hydrogen-bond acceptors (Lipinski definition) is 7. The molecule has 0 radical (unpaired) electrons. The highest BCUT2D eigenvalue weighted by atomic mass is 32.2. The molecule has 0 saturated heterocycles. The monoisotopic (exact) mass is 457 g/mol. The van der Waals surface area contributed by atoms with E-state index in [9.17, 15) is 14.4 Å². The minimum atomic E-state index is -0.439. The highest BCUT2D eigenvalue weighted by molar-refractivity contribution is 8.01. The van der Waals surface area contributed by atoms with Gasteiger partial charge in [-0.3, -0.25) is 9.59 Å². The molecule has 0 unspecified atom stereocenters. The zero-order chi connectivity index (χ0) is 22.4. The number of hydrogen-bond donors (Lipinski definition) is 2. The fraction of sp³-hybridized carbons (Fsp3) is 0.227. The lowest BCUT2D eigenvalue weighted by Crippen LogP contribution is -2.46. The van der Waals surface area contributed by atoms with Crippen molar-refractivity contribution in [3.05, 3.63) is 83.8 Å². The fourth-order valence-corrected chi connectivity index (χ4v) is 4.93. The number of ether oxygens (including phenoxy) is 1. The number of methoxy groups -OCH3 is 1. The van der Waals surface area contributed by atoms with E-state index in [0.717, 1.165) is 21.4 Å². The van der Waals surface area contributed by atoms with Gasteiger partial charge in [0, 0.05) is 17.2 Å². The summed E-state index contributed by atoms with van der Waals surface area (Å²) in [5, 5.41) is 0.342. The van der Waals surface area contributed by atoms with Gasteiger partial charge in [-0.2, -0.15) is 0 Å². The van der Waals surface area contributed by atoms with Crippen LogP contribution < -0.4 is 21.8 Å². The molecular weight excluding hydrogens is 434 g/mol. The molecule has 3 aromatic rings. The number of aromatic amines is 2. The maximum Gasteiger partial charge on any atom is 0.337 e. The molecule has 2 aromatic heterocycles. The molecule has 0 atom stereocenters. The van der Waals surface area contributed by atoms with Gasteiger partial charge < -0.3 is 19.6 Å². The van der Waals surface area contributed by atoms with Crippen molar-refractivity contribution >= 4 is 41.2 Å². The Bertz CT molecular complexity index is 1290. The van der Waals surface area contributed by atoms with Gasteiger partial charge in [0.2, 0.25) is 0 Å².